The fourth-order valence-electron chi connectivity index (χ4n) is 2.85. The summed E-state index contributed by atoms with van der Waals surface area (Å²) in [5.41, 5.74) is 2.85. The Balaban J connectivity index is 1.82. The fourth-order valence-corrected chi connectivity index (χ4v) is 3.63. The van der Waals surface area contributed by atoms with E-state index in [1.807, 2.05) is 6.20 Å². The maximum absolute atomic E-state index is 4.47. The molecule has 20 heavy (non-hydrogen) atoms. The number of rotatable bonds is 4. The zero-order chi connectivity index (χ0) is 13.8. The van der Waals surface area contributed by atoms with Gasteiger partial charge in [0.05, 0.1) is 6.04 Å². The first kappa shape index (κ1) is 13.7. The molecule has 106 valence electrons. The Kier molecular flexibility index (Phi) is 4.45. The predicted octanol–water partition coefficient (Wildman–Crippen LogP) is 3.42. The summed E-state index contributed by atoms with van der Waals surface area (Å²) in [5.74, 6) is 0. The molecule has 0 saturated carbocycles. The summed E-state index contributed by atoms with van der Waals surface area (Å²) < 4.78 is 0. The van der Waals surface area contributed by atoms with Crippen molar-refractivity contribution < 1.29 is 0 Å². The molecular weight excluding hydrogens is 266 g/mol. The topological polar surface area (TPSA) is 37.0 Å². The first-order chi connectivity index (χ1) is 9.88. The minimum atomic E-state index is 0.353. The molecule has 2 atom stereocenters. The van der Waals surface area contributed by atoms with Gasteiger partial charge in [0, 0.05) is 24.2 Å². The van der Waals surface area contributed by atoms with Crippen molar-refractivity contribution >= 4 is 11.3 Å². The van der Waals surface area contributed by atoms with Crippen molar-refractivity contribution in [2.24, 2.45) is 0 Å². The average molecular weight is 287 g/mol. The second-order valence-corrected chi connectivity index (χ2v) is 6.14. The summed E-state index contributed by atoms with van der Waals surface area (Å²) in [6.45, 7) is 4.25. The Hall–Kier alpha value is -1.23. The van der Waals surface area contributed by atoms with Gasteiger partial charge < -0.3 is 10.6 Å². The lowest BCUT2D eigenvalue weighted by atomic mass is 9.98. The van der Waals surface area contributed by atoms with Gasteiger partial charge >= 0.3 is 0 Å². The van der Waals surface area contributed by atoms with E-state index in [1.165, 1.54) is 16.1 Å². The number of fused-ring (bicyclic) bond motifs is 1. The fraction of sp³-hybridized carbons (Fsp3) is 0.438. The summed E-state index contributed by atoms with van der Waals surface area (Å²) in [4.78, 5) is 4.47. The van der Waals surface area contributed by atoms with Crippen LogP contribution in [0.5, 0.6) is 0 Å². The van der Waals surface area contributed by atoms with Crippen LogP contribution in [-0.2, 0) is 6.54 Å². The van der Waals surface area contributed by atoms with Crippen molar-refractivity contribution in [3.8, 4) is 0 Å². The molecule has 2 aromatic rings. The van der Waals surface area contributed by atoms with Crippen LogP contribution in [0.25, 0.3) is 0 Å². The van der Waals surface area contributed by atoms with E-state index in [0.717, 1.165) is 25.9 Å². The number of hydrogen-bond donors (Lipinski definition) is 2. The molecule has 0 saturated heterocycles. The Bertz CT molecular complexity index is 538. The first-order valence-corrected chi connectivity index (χ1v) is 8.20. The molecule has 0 fully saturated rings. The number of benzene rings is 1. The Morgan fingerprint density at radius 2 is 2.35 bits per heavy atom. The summed E-state index contributed by atoms with van der Waals surface area (Å²) in [7, 11) is 0. The normalized spacial score (nSPS) is 20.1. The van der Waals surface area contributed by atoms with E-state index in [0.29, 0.717) is 12.1 Å². The minimum absolute atomic E-state index is 0.353. The summed E-state index contributed by atoms with van der Waals surface area (Å²) >= 11 is 1.74. The van der Waals surface area contributed by atoms with Gasteiger partial charge in [0.1, 0.15) is 5.01 Å². The van der Waals surface area contributed by atoms with Gasteiger partial charge in [0.15, 0.2) is 0 Å². The van der Waals surface area contributed by atoms with Crippen LogP contribution in [0.15, 0.2) is 35.8 Å². The molecule has 1 aromatic heterocycles. The molecule has 2 heterocycles. The quantitative estimate of drug-likeness (QED) is 0.904. The standard InChI is InChI=1S/C16H21N3S/c1-2-14(16-18-9-10-20-16)19-15-7-8-17-11-12-5-3-4-6-13(12)15/h3-6,9-10,14-15,17,19H,2,7-8,11H2,1H3. The lowest BCUT2D eigenvalue weighted by molar-refractivity contribution is 0.415. The molecule has 1 aliphatic rings. The van der Waals surface area contributed by atoms with Gasteiger partial charge in [-0.1, -0.05) is 31.2 Å². The smallest absolute Gasteiger partial charge is 0.109 e. The Morgan fingerprint density at radius 3 is 3.15 bits per heavy atom. The van der Waals surface area contributed by atoms with Crippen LogP contribution in [0.2, 0.25) is 0 Å². The van der Waals surface area contributed by atoms with Crippen LogP contribution >= 0.6 is 11.3 Å². The van der Waals surface area contributed by atoms with Gasteiger partial charge in [-0.25, -0.2) is 4.98 Å². The van der Waals surface area contributed by atoms with Crippen molar-refractivity contribution in [2.45, 2.75) is 38.4 Å². The van der Waals surface area contributed by atoms with Gasteiger partial charge in [-0.3, -0.25) is 0 Å². The highest BCUT2D eigenvalue weighted by Crippen LogP contribution is 2.28. The van der Waals surface area contributed by atoms with Crippen molar-refractivity contribution in [3.63, 3.8) is 0 Å². The second-order valence-electron chi connectivity index (χ2n) is 5.21. The molecule has 3 nitrogen and oxygen atoms in total. The Morgan fingerprint density at radius 1 is 1.45 bits per heavy atom. The van der Waals surface area contributed by atoms with E-state index >= 15 is 0 Å². The maximum Gasteiger partial charge on any atom is 0.109 e. The molecule has 0 bridgehead atoms. The summed E-state index contributed by atoms with van der Waals surface area (Å²) in [6, 6.07) is 9.52. The van der Waals surface area contributed by atoms with Gasteiger partial charge in [-0.2, -0.15) is 0 Å². The molecule has 2 unspecified atom stereocenters. The van der Waals surface area contributed by atoms with Crippen molar-refractivity contribution in [1.82, 2.24) is 15.6 Å². The van der Waals surface area contributed by atoms with Crippen molar-refractivity contribution in [3.05, 3.63) is 52.0 Å². The third-order valence-corrected chi connectivity index (χ3v) is 4.81. The summed E-state index contributed by atoms with van der Waals surface area (Å²) in [6.07, 6.45) is 4.09. The highest BCUT2D eigenvalue weighted by molar-refractivity contribution is 7.09. The van der Waals surface area contributed by atoms with E-state index in [-0.39, 0.29) is 0 Å². The highest BCUT2D eigenvalue weighted by Gasteiger charge is 2.22. The second kappa shape index (κ2) is 6.48. The monoisotopic (exact) mass is 287 g/mol. The van der Waals surface area contributed by atoms with Gasteiger partial charge in [-0.05, 0) is 30.5 Å². The Labute approximate surface area is 124 Å². The van der Waals surface area contributed by atoms with E-state index < -0.39 is 0 Å². The number of nitrogens with one attached hydrogen (secondary N) is 2. The van der Waals surface area contributed by atoms with Gasteiger partial charge in [0.2, 0.25) is 0 Å². The SMILES string of the molecule is CCC(NC1CCNCc2ccccc21)c1nccs1. The summed E-state index contributed by atoms with van der Waals surface area (Å²) in [5, 5.41) is 10.6. The molecule has 3 rings (SSSR count). The van der Waals surface area contributed by atoms with Crippen LogP contribution in [0, 0.1) is 0 Å². The molecule has 1 aliphatic heterocycles. The number of thiazole rings is 1. The number of nitrogens with zero attached hydrogens (tertiary/aromatic N) is 1. The molecule has 0 aliphatic carbocycles. The third kappa shape index (κ3) is 2.92. The number of hydrogen-bond acceptors (Lipinski definition) is 4. The van der Waals surface area contributed by atoms with Gasteiger partial charge in [-0.15, -0.1) is 11.3 Å². The van der Waals surface area contributed by atoms with E-state index in [2.05, 4.69) is 52.2 Å². The highest BCUT2D eigenvalue weighted by atomic mass is 32.1. The van der Waals surface area contributed by atoms with Crippen LogP contribution < -0.4 is 10.6 Å². The van der Waals surface area contributed by atoms with Crippen molar-refractivity contribution in [1.29, 1.82) is 0 Å². The van der Waals surface area contributed by atoms with Crippen LogP contribution in [-0.4, -0.2) is 11.5 Å². The van der Waals surface area contributed by atoms with E-state index in [4.69, 9.17) is 0 Å². The van der Waals surface area contributed by atoms with Crippen LogP contribution in [0.3, 0.4) is 0 Å². The van der Waals surface area contributed by atoms with Crippen molar-refractivity contribution in [2.75, 3.05) is 6.54 Å². The predicted molar refractivity (Wildman–Crippen MR) is 83.8 cm³/mol. The lowest BCUT2D eigenvalue weighted by Gasteiger charge is -2.24. The molecule has 0 amide bonds. The molecule has 0 radical (unpaired) electrons. The average Bonchev–Trinajstić information content (AvgIpc) is 2.94. The molecule has 2 N–H and O–H groups in total. The zero-order valence-corrected chi connectivity index (χ0v) is 12.6. The van der Waals surface area contributed by atoms with Gasteiger partial charge in [0.25, 0.3) is 0 Å². The first-order valence-electron chi connectivity index (χ1n) is 7.32. The maximum atomic E-state index is 4.47. The minimum Gasteiger partial charge on any atom is -0.313 e. The lowest BCUT2D eigenvalue weighted by Crippen LogP contribution is -2.27. The molecule has 4 heteroatoms. The zero-order valence-electron chi connectivity index (χ0n) is 11.8. The van der Waals surface area contributed by atoms with Crippen LogP contribution in [0.4, 0.5) is 0 Å². The van der Waals surface area contributed by atoms with Crippen LogP contribution in [0.1, 0.15) is 48.0 Å². The molecule has 1 aromatic carbocycles. The largest absolute Gasteiger partial charge is 0.313 e. The molecular formula is C16H21N3S. The van der Waals surface area contributed by atoms with E-state index in [9.17, 15) is 0 Å². The number of aromatic nitrogens is 1. The molecule has 0 spiro atoms. The van der Waals surface area contributed by atoms with E-state index in [1.54, 1.807) is 11.3 Å². The third-order valence-electron chi connectivity index (χ3n) is 3.92.